The average Bonchev–Trinajstić information content (AvgIpc) is 2.90. The quantitative estimate of drug-likeness (QED) is 0.695. The summed E-state index contributed by atoms with van der Waals surface area (Å²) in [6, 6.07) is 0. The Kier molecular flexibility index (Phi) is 7.84. The van der Waals surface area contributed by atoms with Crippen LogP contribution < -0.4 is 11.1 Å². The van der Waals surface area contributed by atoms with Crippen LogP contribution in [0.15, 0.2) is 12.2 Å². The number of aliphatic carboxylic acids is 1. The summed E-state index contributed by atoms with van der Waals surface area (Å²) in [7, 11) is 0. The van der Waals surface area contributed by atoms with E-state index in [1.807, 2.05) is 0 Å². The number of thiophene rings is 1. The number of nitrogens with two attached hydrogens (primary N) is 1. The van der Waals surface area contributed by atoms with Crippen molar-refractivity contribution in [1.82, 2.24) is 0 Å². The Bertz CT molecular complexity index is 694. The van der Waals surface area contributed by atoms with Crippen molar-refractivity contribution < 1.29 is 19.5 Å². The normalized spacial score (nSPS) is 16.3. The molecule has 0 aliphatic heterocycles. The number of hydrogen-bond donors (Lipinski definition) is 3. The van der Waals surface area contributed by atoms with Gasteiger partial charge in [0, 0.05) is 17.0 Å². The summed E-state index contributed by atoms with van der Waals surface area (Å²) in [5, 5.41) is 11.7. The number of carbonyl (C=O) groups is 3. The van der Waals surface area contributed by atoms with E-state index in [-0.39, 0.29) is 0 Å². The standard InChI is InChI=1S/C19H26N2O4S/c20-18(25)17-13-9-7-5-3-1-2-4-6-8-10-14(13)26-19(17)21-15(22)11-12-16(23)24/h11-12H,1-10H2,(H2,20,25)(H,21,22)(H,23,24)/b12-11-. The topological polar surface area (TPSA) is 109 Å². The number of amides is 2. The first-order chi connectivity index (χ1) is 12.5. The monoisotopic (exact) mass is 378 g/mol. The van der Waals surface area contributed by atoms with E-state index in [9.17, 15) is 14.4 Å². The maximum atomic E-state index is 12.0. The summed E-state index contributed by atoms with van der Waals surface area (Å²) >= 11 is 1.39. The summed E-state index contributed by atoms with van der Waals surface area (Å²) in [6.07, 6.45) is 12.7. The van der Waals surface area contributed by atoms with Crippen LogP contribution in [0.1, 0.15) is 72.2 Å². The van der Waals surface area contributed by atoms with Gasteiger partial charge in [-0.15, -0.1) is 11.3 Å². The second-order valence-electron chi connectivity index (χ2n) is 6.56. The Hall–Kier alpha value is -2.15. The molecule has 26 heavy (non-hydrogen) atoms. The Morgan fingerprint density at radius 1 is 0.923 bits per heavy atom. The maximum Gasteiger partial charge on any atom is 0.328 e. The zero-order valence-electron chi connectivity index (χ0n) is 14.9. The van der Waals surface area contributed by atoms with Crippen LogP contribution in [0.4, 0.5) is 5.00 Å². The van der Waals surface area contributed by atoms with Crippen molar-refractivity contribution in [2.75, 3.05) is 5.32 Å². The maximum absolute atomic E-state index is 12.0. The van der Waals surface area contributed by atoms with Crippen LogP contribution in [-0.4, -0.2) is 22.9 Å². The smallest absolute Gasteiger partial charge is 0.328 e. The van der Waals surface area contributed by atoms with E-state index in [1.54, 1.807) is 0 Å². The van der Waals surface area contributed by atoms with Gasteiger partial charge in [0.2, 0.25) is 5.91 Å². The second-order valence-corrected chi connectivity index (χ2v) is 7.67. The van der Waals surface area contributed by atoms with E-state index in [4.69, 9.17) is 10.8 Å². The molecule has 0 bridgehead atoms. The molecule has 1 aromatic rings. The predicted molar refractivity (Wildman–Crippen MR) is 103 cm³/mol. The molecule has 0 unspecified atom stereocenters. The Labute approximate surface area is 157 Å². The summed E-state index contributed by atoms with van der Waals surface area (Å²) in [5.41, 5.74) is 6.95. The third-order valence-electron chi connectivity index (χ3n) is 4.53. The minimum absolute atomic E-state index is 0.388. The lowest BCUT2D eigenvalue weighted by atomic mass is 9.97. The number of aryl methyl sites for hydroxylation is 1. The number of hydrogen-bond acceptors (Lipinski definition) is 4. The van der Waals surface area contributed by atoms with Gasteiger partial charge in [0.25, 0.3) is 5.91 Å². The van der Waals surface area contributed by atoms with Gasteiger partial charge >= 0.3 is 5.97 Å². The van der Waals surface area contributed by atoms with Gasteiger partial charge in [-0.3, -0.25) is 9.59 Å². The largest absolute Gasteiger partial charge is 0.478 e. The third-order valence-corrected chi connectivity index (χ3v) is 5.74. The number of anilines is 1. The molecule has 2 amide bonds. The van der Waals surface area contributed by atoms with Crippen molar-refractivity contribution in [3.8, 4) is 0 Å². The Morgan fingerprint density at radius 2 is 1.50 bits per heavy atom. The molecule has 142 valence electrons. The molecule has 0 saturated carbocycles. The third kappa shape index (κ3) is 5.98. The molecule has 1 heterocycles. The van der Waals surface area contributed by atoms with Gasteiger partial charge in [0.05, 0.1) is 5.56 Å². The molecule has 2 rings (SSSR count). The average molecular weight is 378 g/mol. The van der Waals surface area contributed by atoms with Crippen molar-refractivity contribution in [3.05, 3.63) is 28.2 Å². The van der Waals surface area contributed by atoms with Gasteiger partial charge in [-0.1, -0.05) is 38.5 Å². The van der Waals surface area contributed by atoms with Crippen LogP contribution >= 0.6 is 11.3 Å². The van der Waals surface area contributed by atoms with Crippen LogP contribution in [-0.2, 0) is 22.4 Å². The molecule has 0 saturated heterocycles. The SMILES string of the molecule is NC(=O)c1c(NC(=O)/C=C\C(=O)O)sc2c1CCCCCCCCCC2. The van der Waals surface area contributed by atoms with E-state index in [0.29, 0.717) is 10.6 Å². The van der Waals surface area contributed by atoms with Crippen molar-refractivity contribution in [2.24, 2.45) is 5.73 Å². The number of carboxylic acid groups (broad SMARTS) is 1. The number of fused-ring (bicyclic) bond motifs is 1. The molecule has 0 atom stereocenters. The molecule has 4 N–H and O–H groups in total. The Morgan fingerprint density at radius 3 is 2.08 bits per heavy atom. The predicted octanol–water partition coefficient (Wildman–Crippen LogP) is 3.65. The highest BCUT2D eigenvalue weighted by atomic mass is 32.1. The fourth-order valence-corrected chi connectivity index (χ4v) is 4.57. The fourth-order valence-electron chi connectivity index (χ4n) is 3.28. The first-order valence-corrected chi connectivity index (χ1v) is 9.97. The number of nitrogens with one attached hydrogen (secondary N) is 1. The van der Waals surface area contributed by atoms with Crippen LogP contribution in [0.25, 0.3) is 0 Å². The van der Waals surface area contributed by atoms with Crippen molar-refractivity contribution in [1.29, 1.82) is 0 Å². The molecule has 1 aromatic heterocycles. The molecule has 0 spiro atoms. The van der Waals surface area contributed by atoms with Crippen molar-refractivity contribution in [3.63, 3.8) is 0 Å². The number of rotatable bonds is 4. The highest BCUT2D eigenvalue weighted by Crippen LogP contribution is 2.36. The summed E-state index contributed by atoms with van der Waals surface area (Å²) < 4.78 is 0. The van der Waals surface area contributed by atoms with Crippen LogP contribution in [0.2, 0.25) is 0 Å². The van der Waals surface area contributed by atoms with Gasteiger partial charge in [0.15, 0.2) is 0 Å². The van der Waals surface area contributed by atoms with Gasteiger partial charge in [-0.2, -0.15) is 0 Å². The van der Waals surface area contributed by atoms with Crippen LogP contribution in [0.3, 0.4) is 0 Å². The van der Waals surface area contributed by atoms with Gasteiger partial charge in [0.1, 0.15) is 5.00 Å². The lowest BCUT2D eigenvalue weighted by Crippen LogP contribution is -2.17. The minimum Gasteiger partial charge on any atom is -0.478 e. The molecular formula is C19H26N2O4S. The van der Waals surface area contributed by atoms with E-state index in [2.05, 4.69) is 5.32 Å². The van der Waals surface area contributed by atoms with E-state index in [1.165, 1.54) is 37.0 Å². The molecule has 1 aliphatic rings. The lowest BCUT2D eigenvalue weighted by molar-refractivity contribution is -0.131. The molecule has 6 nitrogen and oxygen atoms in total. The molecular weight excluding hydrogens is 352 g/mol. The second kappa shape index (κ2) is 10.1. The molecule has 0 fully saturated rings. The first-order valence-electron chi connectivity index (χ1n) is 9.15. The van der Waals surface area contributed by atoms with Crippen molar-refractivity contribution >= 4 is 34.1 Å². The summed E-state index contributed by atoms with van der Waals surface area (Å²) in [4.78, 5) is 35.6. The highest BCUT2D eigenvalue weighted by molar-refractivity contribution is 7.17. The number of carboxylic acids is 1. The van der Waals surface area contributed by atoms with Gasteiger partial charge in [-0.25, -0.2) is 4.79 Å². The van der Waals surface area contributed by atoms with Gasteiger partial charge < -0.3 is 16.2 Å². The van der Waals surface area contributed by atoms with Crippen LogP contribution in [0.5, 0.6) is 0 Å². The zero-order valence-corrected chi connectivity index (χ0v) is 15.7. The summed E-state index contributed by atoms with van der Waals surface area (Å²) in [6.45, 7) is 0. The van der Waals surface area contributed by atoms with E-state index < -0.39 is 17.8 Å². The van der Waals surface area contributed by atoms with Gasteiger partial charge in [-0.05, 0) is 31.2 Å². The highest BCUT2D eigenvalue weighted by Gasteiger charge is 2.22. The van der Waals surface area contributed by atoms with E-state index >= 15 is 0 Å². The molecule has 0 radical (unpaired) electrons. The van der Waals surface area contributed by atoms with E-state index in [0.717, 1.165) is 61.1 Å². The lowest BCUT2D eigenvalue weighted by Gasteiger charge is -2.09. The van der Waals surface area contributed by atoms with Crippen molar-refractivity contribution in [2.45, 2.75) is 64.2 Å². The summed E-state index contributed by atoms with van der Waals surface area (Å²) in [5.74, 6) is -2.33. The molecule has 0 aromatic carbocycles. The van der Waals surface area contributed by atoms with Crippen LogP contribution in [0, 0.1) is 0 Å². The first kappa shape index (κ1) is 20.2. The Balaban J connectivity index is 2.27. The molecule has 7 heteroatoms. The number of carbonyl (C=O) groups excluding carboxylic acids is 2. The minimum atomic E-state index is -1.20. The zero-order chi connectivity index (χ0) is 18.9. The molecule has 1 aliphatic carbocycles. The number of primary amides is 1. The fraction of sp³-hybridized carbons (Fsp3) is 0.526.